The number of hydrogen-bond acceptors (Lipinski definition) is 4. The summed E-state index contributed by atoms with van der Waals surface area (Å²) in [5.74, 6) is 0.887. The Labute approximate surface area is 139 Å². The van der Waals surface area contributed by atoms with Crippen LogP contribution in [0.1, 0.15) is 30.3 Å². The minimum Gasteiger partial charge on any atom is -0.354 e. The second-order valence-corrected chi connectivity index (χ2v) is 6.55. The third-order valence-electron chi connectivity index (χ3n) is 3.95. The number of benzene rings is 1. The molecule has 0 bridgehead atoms. The van der Waals surface area contributed by atoms with E-state index in [-0.39, 0.29) is 11.8 Å². The SMILES string of the molecule is CCCCNC(=O)C1CSCN1C(=O)c1n[nH]c2ccccc12. The Hall–Kier alpha value is -2.02. The molecule has 0 spiro atoms. The molecule has 1 unspecified atom stereocenters. The van der Waals surface area contributed by atoms with Gasteiger partial charge in [-0.2, -0.15) is 5.10 Å². The number of H-pyrrole nitrogens is 1. The highest BCUT2D eigenvalue weighted by atomic mass is 32.2. The predicted molar refractivity (Wildman–Crippen MR) is 91.3 cm³/mol. The Balaban J connectivity index is 1.77. The molecule has 1 aliphatic heterocycles. The van der Waals surface area contributed by atoms with E-state index < -0.39 is 6.04 Å². The van der Waals surface area contributed by atoms with E-state index >= 15 is 0 Å². The number of aromatic nitrogens is 2. The van der Waals surface area contributed by atoms with Crippen LogP contribution in [-0.4, -0.2) is 51.1 Å². The molecular weight excluding hydrogens is 312 g/mol. The summed E-state index contributed by atoms with van der Waals surface area (Å²) in [4.78, 5) is 26.8. The van der Waals surface area contributed by atoms with E-state index in [9.17, 15) is 9.59 Å². The van der Waals surface area contributed by atoms with Gasteiger partial charge in [0.25, 0.3) is 5.91 Å². The summed E-state index contributed by atoms with van der Waals surface area (Å²) < 4.78 is 0. The maximum Gasteiger partial charge on any atom is 0.276 e. The minimum absolute atomic E-state index is 0.0726. The highest BCUT2D eigenvalue weighted by Gasteiger charge is 2.36. The van der Waals surface area contributed by atoms with Gasteiger partial charge in [0.05, 0.1) is 11.4 Å². The Bertz CT molecular complexity index is 715. The number of rotatable bonds is 5. The lowest BCUT2D eigenvalue weighted by Gasteiger charge is -2.22. The van der Waals surface area contributed by atoms with E-state index in [2.05, 4.69) is 22.4 Å². The van der Waals surface area contributed by atoms with Gasteiger partial charge in [0.2, 0.25) is 5.91 Å². The highest BCUT2D eigenvalue weighted by molar-refractivity contribution is 7.99. The predicted octanol–water partition coefficient (Wildman–Crippen LogP) is 1.99. The van der Waals surface area contributed by atoms with Crippen molar-refractivity contribution in [3.05, 3.63) is 30.0 Å². The number of carbonyl (C=O) groups excluding carboxylic acids is 2. The first-order chi connectivity index (χ1) is 11.2. The van der Waals surface area contributed by atoms with Crippen molar-refractivity contribution in [2.24, 2.45) is 0 Å². The maximum atomic E-state index is 12.8. The fourth-order valence-corrected chi connectivity index (χ4v) is 3.78. The average Bonchev–Trinajstić information content (AvgIpc) is 3.21. The molecule has 0 aliphatic carbocycles. The number of para-hydroxylation sites is 1. The van der Waals surface area contributed by atoms with Crippen LogP contribution in [0.3, 0.4) is 0 Å². The van der Waals surface area contributed by atoms with Crippen molar-refractivity contribution in [1.82, 2.24) is 20.4 Å². The number of aromatic amines is 1. The molecule has 122 valence electrons. The van der Waals surface area contributed by atoms with E-state index in [0.717, 1.165) is 23.7 Å². The van der Waals surface area contributed by atoms with E-state index in [1.165, 1.54) is 0 Å². The van der Waals surface area contributed by atoms with Gasteiger partial charge in [-0.25, -0.2) is 0 Å². The van der Waals surface area contributed by atoms with Gasteiger partial charge in [0, 0.05) is 17.7 Å². The second kappa shape index (κ2) is 7.04. The van der Waals surface area contributed by atoms with Gasteiger partial charge in [-0.05, 0) is 12.5 Å². The van der Waals surface area contributed by atoms with Crippen molar-refractivity contribution in [3.63, 3.8) is 0 Å². The highest BCUT2D eigenvalue weighted by Crippen LogP contribution is 2.25. The Morgan fingerprint density at radius 3 is 3.09 bits per heavy atom. The molecule has 2 amide bonds. The van der Waals surface area contributed by atoms with Crippen molar-refractivity contribution in [1.29, 1.82) is 0 Å². The molecule has 2 heterocycles. The van der Waals surface area contributed by atoms with Crippen LogP contribution in [-0.2, 0) is 4.79 Å². The van der Waals surface area contributed by atoms with Gasteiger partial charge in [-0.1, -0.05) is 31.5 Å². The fraction of sp³-hybridized carbons (Fsp3) is 0.438. The largest absolute Gasteiger partial charge is 0.354 e. The van der Waals surface area contributed by atoms with E-state index in [0.29, 0.717) is 23.9 Å². The monoisotopic (exact) mass is 332 g/mol. The zero-order valence-corrected chi connectivity index (χ0v) is 13.9. The standard InChI is InChI=1S/C16H20N4O2S/c1-2-3-8-17-15(21)13-9-23-10-20(13)16(22)14-11-6-4-5-7-12(11)18-19-14/h4-7,13H,2-3,8-10H2,1H3,(H,17,21)(H,18,19). The summed E-state index contributed by atoms with van der Waals surface area (Å²) >= 11 is 1.60. The molecule has 0 radical (unpaired) electrons. The quantitative estimate of drug-likeness (QED) is 0.821. The molecule has 1 atom stereocenters. The smallest absolute Gasteiger partial charge is 0.276 e. The molecule has 1 fully saturated rings. The molecule has 6 nitrogen and oxygen atoms in total. The number of nitrogens with one attached hydrogen (secondary N) is 2. The van der Waals surface area contributed by atoms with E-state index in [1.807, 2.05) is 24.3 Å². The average molecular weight is 332 g/mol. The third-order valence-corrected chi connectivity index (χ3v) is 4.96. The second-order valence-electron chi connectivity index (χ2n) is 5.55. The summed E-state index contributed by atoms with van der Waals surface area (Å²) in [6.07, 6.45) is 1.98. The van der Waals surface area contributed by atoms with Crippen molar-refractivity contribution in [2.45, 2.75) is 25.8 Å². The van der Waals surface area contributed by atoms with E-state index in [4.69, 9.17) is 0 Å². The zero-order valence-electron chi connectivity index (χ0n) is 13.0. The first-order valence-electron chi connectivity index (χ1n) is 7.82. The van der Waals surface area contributed by atoms with Gasteiger partial charge < -0.3 is 10.2 Å². The number of carbonyl (C=O) groups is 2. The molecule has 1 aliphatic rings. The van der Waals surface area contributed by atoms with Gasteiger partial charge >= 0.3 is 0 Å². The normalized spacial score (nSPS) is 17.6. The first kappa shape index (κ1) is 15.9. The summed E-state index contributed by atoms with van der Waals surface area (Å²) in [5.41, 5.74) is 1.21. The molecule has 1 saturated heterocycles. The lowest BCUT2D eigenvalue weighted by molar-refractivity contribution is -0.124. The summed E-state index contributed by atoms with van der Waals surface area (Å²) in [5, 5.41) is 10.7. The molecular formula is C16H20N4O2S. The Kier molecular flexibility index (Phi) is 4.85. The lowest BCUT2D eigenvalue weighted by atomic mass is 10.1. The molecule has 3 rings (SSSR count). The molecule has 2 aromatic rings. The van der Waals surface area contributed by atoms with Crippen LogP contribution in [0.15, 0.2) is 24.3 Å². The summed E-state index contributed by atoms with van der Waals surface area (Å²) in [6.45, 7) is 2.74. The number of thioether (sulfide) groups is 1. The fourth-order valence-electron chi connectivity index (χ4n) is 2.63. The minimum atomic E-state index is -0.417. The Morgan fingerprint density at radius 2 is 2.26 bits per heavy atom. The third kappa shape index (κ3) is 3.19. The topological polar surface area (TPSA) is 78.1 Å². The molecule has 2 N–H and O–H groups in total. The van der Waals surface area contributed by atoms with Crippen molar-refractivity contribution < 1.29 is 9.59 Å². The number of amides is 2. The first-order valence-corrected chi connectivity index (χ1v) is 8.97. The molecule has 1 aromatic heterocycles. The van der Waals surface area contributed by atoms with Crippen LogP contribution in [0.2, 0.25) is 0 Å². The molecule has 7 heteroatoms. The van der Waals surface area contributed by atoms with Gasteiger partial charge in [-0.15, -0.1) is 11.8 Å². The lowest BCUT2D eigenvalue weighted by Crippen LogP contribution is -2.47. The number of fused-ring (bicyclic) bond motifs is 1. The molecule has 0 saturated carbocycles. The van der Waals surface area contributed by atoms with Gasteiger partial charge in [0.1, 0.15) is 6.04 Å². The van der Waals surface area contributed by atoms with Crippen LogP contribution in [0.4, 0.5) is 0 Å². The van der Waals surface area contributed by atoms with Crippen molar-refractivity contribution in [2.75, 3.05) is 18.2 Å². The van der Waals surface area contributed by atoms with Crippen LogP contribution < -0.4 is 5.32 Å². The number of hydrogen-bond donors (Lipinski definition) is 2. The van der Waals surface area contributed by atoms with Gasteiger partial charge in [0.15, 0.2) is 5.69 Å². The number of nitrogens with zero attached hydrogens (tertiary/aromatic N) is 2. The van der Waals surface area contributed by atoms with Crippen molar-refractivity contribution in [3.8, 4) is 0 Å². The van der Waals surface area contributed by atoms with Gasteiger partial charge in [-0.3, -0.25) is 14.7 Å². The number of unbranched alkanes of at least 4 members (excludes halogenated alkanes) is 1. The maximum absolute atomic E-state index is 12.8. The molecule has 23 heavy (non-hydrogen) atoms. The van der Waals surface area contributed by atoms with Crippen LogP contribution >= 0.6 is 11.8 Å². The summed E-state index contributed by atoms with van der Waals surface area (Å²) in [6, 6.07) is 7.10. The Morgan fingerprint density at radius 1 is 1.43 bits per heavy atom. The van der Waals surface area contributed by atoms with Crippen LogP contribution in [0.25, 0.3) is 10.9 Å². The summed E-state index contributed by atoms with van der Waals surface area (Å²) in [7, 11) is 0. The van der Waals surface area contributed by atoms with Crippen LogP contribution in [0, 0.1) is 0 Å². The van der Waals surface area contributed by atoms with E-state index in [1.54, 1.807) is 16.7 Å². The van der Waals surface area contributed by atoms with Crippen LogP contribution in [0.5, 0.6) is 0 Å². The molecule has 1 aromatic carbocycles. The van der Waals surface area contributed by atoms with Crippen molar-refractivity contribution >= 4 is 34.5 Å². The zero-order chi connectivity index (χ0) is 16.2.